The molecule has 4 heteroatoms. The quantitative estimate of drug-likeness (QED) is 0.702. The smallest absolute Gasteiger partial charge is 0.0928 e. The van der Waals surface area contributed by atoms with E-state index in [1.54, 1.807) is 13.1 Å². The van der Waals surface area contributed by atoms with Crippen LogP contribution < -0.4 is 5.73 Å². The number of nitrogens with two attached hydrogens (primary N) is 1. The summed E-state index contributed by atoms with van der Waals surface area (Å²) in [4.78, 5) is 0. The summed E-state index contributed by atoms with van der Waals surface area (Å²) in [5.41, 5.74) is 6.58. The molecule has 4 nitrogen and oxygen atoms in total. The van der Waals surface area contributed by atoms with Crippen LogP contribution in [0.4, 0.5) is 0 Å². The number of aliphatic hydroxyl groups excluding tert-OH is 1. The van der Waals surface area contributed by atoms with Gasteiger partial charge in [0.1, 0.15) is 0 Å². The van der Waals surface area contributed by atoms with Crippen molar-refractivity contribution in [3.05, 3.63) is 18.0 Å². The van der Waals surface area contributed by atoms with Crippen molar-refractivity contribution in [2.75, 3.05) is 0 Å². The van der Waals surface area contributed by atoms with Crippen LogP contribution in [0, 0.1) is 0 Å². The number of nitrogens with zero attached hydrogens (tertiary/aromatic N) is 2. The fourth-order valence-corrected chi connectivity index (χ4v) is 1.79. The fraction of sp³-hybridized carbons (Fsp3) is 0.667. The summed E-state index contributed by atoms with van der Waals surface area (Å²) < 4.78 is 1.90. The van der Waals surface area contributed by atoms with Gasteiger partial charge in [-0.05, 0) is 25.8 Å². The standard InChI is InChI=1S/C9H15N3O/c1-6(13)9-2-3-11-12(9)8-4-7(10)5-8/h2-3,6-8,13H,4-5,10H2,1H3/t6?,7-,8-. The molecule has 1 aromatic rings. The van der Waals surface area contributed by atoms with Crippen molar-refractivity contribution < 1.29 is 5.11 Å². The van der Waals surface area contributed by atoms with Gasteiger partial charge in [0, 0.05) is 12.2 Å². The highest BCUT2D eigenvalue weighted by atomic mass is 16.3. The Morgan fingerprint density at radius 2 is 2.38 bits per heavy atom. The van der Waals surface area contributed by atoms with Crippen LogP contribution in [0.2, 0.25) is 0 Å². The molecule has 0 spiro atoms. The van der Waals surface area contributed by atoms with Gasteiger partial charge in [-0.2, -0.15) is 5.10 Å². The summed E-state index contributed by atoms with van der Waals surface area (Å²) >= 11 is 0. The molecule has 1 saturated carbocycles. The average Bonchev–Trinajstić information content (AvgIpc) is 2.45. The Kier molecular flexibility index (Phi) is 2.09. The molecule has 0 saturated heterocycles. The van der Waals surface area contributed by atoms with Gasteiger partial charge in [-0.15, -0.1) is 0 Å². The molecule has 1 fully saturated rings. The number of aromatic nitrogens is 2. The van der Waals surface area contributed by atoms with Gasteiger partial charge in [-0.1, -0.05) is 0 Å². The summed E-state index contributed by atoms with van der Waals surface area (Å²) in [6.07, 6.45) is 3.23. The highest BCUT2D eigenvalue weighted by Crippen LogP contribution is 2.32. The van der Waals surface area contributed by atoms with Crippen molar-refractivity contribution in [3.8, 4) is 0 Å². The zero-order valence-electron chi connectivity index (χ0n) is 7.72. The Labute approximate surface area is 77.4 Å². The van der Waals surface area contributed by atoms with E-state index in [-0.39, 0.29) is 0 Å². The molecule has 0 bridgehead atoms. The lowest BCUT2D eigenvalue weighted by molar-refractivity contribution is 0.166. The molecule has 1 unspecified atom stereocenters. The highest BCUT2D eigenvalue weighted by Gasteiger charge is 2.29. The van der Waals surface area contributed by atoms with E-state index in [1.165, 1.54) is 0 Å². The van der Waals surface area contributed by atoms with E-state index in [0.717, 1.165) is 18.5 Å². The summed E-state index contributed by atoms with van der Waals surface area (Å²) in [5.74, 6) is 0. The number of aliphatic hydroxyl groups is 1. The zero-order valence-corrected chi connectivity index (χ0v) is 7.72. The summed E-state index contributed by atoms with van der Waals surface area (Å²) in [6, 6.07) is 2.57. The molecule has 1 aromatic heterocycles. The van der Waals surface area contributed by atoms with Crippen LogP contribution >= 0.6 is 0 Å². The Hall–Kier alpha value is -0.870. The minimum Gasteiger partial charge on any atom is -0.387 e. The normalized spacial score (nSPS) is 29.8. The number of hydrogen-bond acceptors (Lipinski definition) is 3. The van der Waals surface area contributed by atoms with Crippen molar-refractivity contribution in [1.82, 2.24) is 9.78 Å². The molecule has 3 N–H and O–H groups in total. The van der Waals surface area contributed by atoms with Crippen LogP contribution in [0.5, 0.6) is 0 Å². The monoisotopic (exact) mass is 181 g/mol. The van der Waals surface area contributed by atoms with Crippen LogP contribution in [-0.4, -0.2) is 20.9 Å². The third kappa shape index (κ3) is 1.47. The van der Waals surface area contributed by atoms with E-state index >= 15 is 0 Å². The Balaban J connectivity index is 2.16. The van der Waals surface area contributed by atoms with Crippen LogP contribution in [0.15, 0.2) is 12.3 Å². The van der Waals surface area contributed by atoms with E-state index in [1.807, 2.05) is 10.7 Å². The molecule has 0 aliphatic heterocycles. The predicted molar refractivity (Wildman–Crippen MR) is 49.1 cm³/mol. The third-order valence-electron chi connectivity index (χ3n) is 2.62. The van der Waals surface area contributed by atoms with Crippen molar-refractivity contribution in [3.63, 3.8) is 0 Å². The SMILES string of the molecule is CC(O)c1ccnn1[C@H]1C[C@H](N)C1. The van der Waals surface area contributed by atoms with E-state index in [0.29, 0.717) is 12.1 Å². The lowest BCUT2D eigenvalue weighted by Crippen LogP contribution is -2.38. The maximum Gasteiger partial charge on any atom is 0.0928 e. The van der Waals surface area contributed by atoms with Gasteiger partial charge in [0.05, 0.1) is 17.8 Å². The van der Waals surface area contributed by atoms with E-state index in [2.05, 4.69) is 5.10 Å². The molecule has 0 aromatic carbocycles. The summed E-state index contributed by atoms with van der Waals surface area (Å²) in [7, 11) is 0. The molecule has 72 valence electrons. The molecule has 1 aliphatic rings. The first-order chi connectivity index (χ1) is 6.18. The Morgan fingerprint density at radius 3 is 2.92 bits per heavy atom. The first-order valence-electron chi connectivity index (χ1n) is 4.65. The Bertz CT molecular complexity index is 289. The summed E-state index contributed by atoms with van der Waals surface area (Å²) in [5, 5.41) is 13.6. The minimum absolute atomic E-state index is 0.316. The van der Waals surface area contributed by atoms with Crippen molar-refractivity contribution in [1.29, 1.82) is 0 Å². The van der Waals surface area contributed by atoms with Gasteiger partial charge in [0.15, 0.2) is 0 Å². The molecule has 1 heterocycles. The van der Waals surface area contributed by atoms with E-state index in [4.69, 9.17) is 5.73 Å². The molecule has 2 rings (SSSR count). The molecule has 0 radical (unpaired) electrons. The van der Waals surface area contributed by atoms with Crippen LogP contribution in [0.1, 0.15) is 37.6 Å². The number of rotatable bonds is 2. The zero-order chi connectivity index (χ0) is 9.42. The van der Waals surface area contributed by atoms with Crippen LogP contribution in [-0.2, 0) is 0 Å². The topological polar surface area (TPSA) is 64.1 Å². The van der Waals surface area contributed by atoms with Crippen LogP contribution in [0.25, 0.3) is 0 Å². The first-order valence-corrected chi connectivity index (χ1v) is 4.65. The third-order valence-corrected chi connectivity index (χ3v) is 2.62. The van der Waals surface area contributed by atoms with Gasteiger partial charge >= 0.3 is 0 Å². The number of hydrogen-bond donors (Lipinski definition) is 2. The van der Waals surface area contributed by atoms with Gasteiger partial charge in [0.2, 0.25) is 0 Å². The minimum atomic E-state index is -0.445. The lowest BCUT2D eigenvalue weighted by atomic mass is 9.87. The van der Waals surface area contributed by atoms with Gasteiger partial charge in [0.25, 0.3) is 0 Å². The molecule has 13 heavy (non-hydrogen) atoms. The first kappa shape index (κ1) is 8.72. The fourth-order valence-electron chi connectivity index (χ4n) is 1.79. The van der Waals surface area contributed by atoms with Crippen molar-refractivity contribution in [2.24, 2.45) is 5.73 Å². The molecular formula is C9H15N3O. The second kappa shape index (κ2) is 3.12. The van der Waals surface area contributed by atoms with Crippen molar-refractivity contribution in [2.45, 2.75) is 38.0 Å². The highest BCUT2D eigenvalue weighted by molar-refractivity contribution is 5.06. The maximum absolute atomic E-state index is 9.44. The van der Waals surface area contributed by atoms with E-state index < -0.39 is 6.10 Å². The van der Waals surface area contributed by atoms with Gasteiger partial charge in [-0.25, -0.2) is 0 Å². The van der Waals surface area contributed by atoms with Crippen LogP contribution in [0.3, 0.4) is 0 Å². The molecule has 1 aliphatic carbocycles. The summed E-state index contributed by atoms with van der Waals surface area (Å²) in [6.45, 7) is 1.76. The Morgan fingerprint density at radius 1 is 1.69 bits per heavy atom. The maximum atomic E-state index is 9.44. The molecular weight excluding hydrogens is 166 g/mol. The largest absolute Gasteiger partial charge is 0.387 e. The van der Waals surface area contributed by atoms with E-state index in [9.17, 15) is 5.11 Å². The average molecular weight is 181 g/mol. The van der Waals surface area contributed by atoms with Gasteiger partial charge < -0.3 is 10.8 Å². The molecule has 1 atom stereocenters. The predicted octanol–water partition coefficient (Wildman–Crippen LogP) is 0.599. The lowest BCUT2D eigenvalue weighted by Gasteiger charge is -2.33. The van der Waals surface area contributed by atoms with Crippen molar-refractivity contribution >= 4 is 0 Å². The van der Waals surface area contributed by atoms with Gasteiger partial charge in [-0.3, -0.25) is 4.68 Å². The second-order valence-electron chi connectivity index (χ2n) is 3.76. The second-order valence-corrected chi connectivity index (χ2v) is 3.76. The molecule has 0 amide bonds.